The van der Waals surface area contributed by atoms with E-state index in [-0.39, 0.29) is 24.8 Å². The fourth-order valence-corrected chi connectivity index (χ4v) is 4.80. The zero-order chi connectivity index (χ0) is 22.1. The molecule has 0 spiro atoms. The summed E-state index contributed by atoms with van der Waals surface area (Å²) in [4.78, 5) is 11.2. The fourth-order valence-electron chi connectivity index (χ4n) is 3.81. The lowest BCUT2D eigenvalue weighted by molar-refractivity contribution is -0.118. The van der Waals surface area contributed by atoms with E-state index in [1.807, 2.05) is 30.3 Å². The number of amides is 1. The highest BCUT2D eigenvalue weighted by Crippen LogP contribution is 2.42. The first kappa shape index (κ1) is 21.0. The molecule has 0 unspecified atom stereocenters. The minimum Gasteiger partial charge on any atom is -0.460 e. The molecule has 5 rings (SSSR count). The lowest BCUT2D eigenvalue weighted by atomic mass is 10.1. The maximum Gasteiger partial charge on any atom is 0.227 e. The van der Waals surface area contributed by atoms with Crippen LogP contribution in [0.15, 0.2) is 47.6 Å². The Balaban J connectivity index is 1.37. The van der Waals surface area contributed by atoms with Gasteiger partial charge in [-0.05, 0) is 25.0 Å². The van der Waals surface area contributed by atoms with Crippen LogP contribution >= 0.6 is 11.8 Å². The molecule has 1 saturated carbocycles. The average Bonchev–Trinajstić information content (AvgIpc) is 3.56. The van der Waals surface area contributed by atoms with E-state index in [1.54, 1.807) is 0 Å². The van der Waals surface area contributed by atoms with Gasteiger partial charge in [0.05, 0.1) is 6.61 Å². The zero-order valence-corrected chi connectivity index (χ0v) is 18.2. The van der Waals surface area contributed by atoms with Crippen molar-refractivity contribution in [1.82, 2.24) is 14.8 Å². The van der Waals surface area contributed by atoms with E-state index >= 15 is 0 Å². The minimum atomic E-state index is -0.534. The molecule has 0 bridgehead atoms. The number of benzene rings is 2. The van der Waals surface area contributed by atoms with Gasteiger partial charge >= 0.3 is 0 Å². The first-order valence-electron chi connectivity index (χ1n) is 10.6. The van der Waals surface area contributed by atoms with Crippen LogP contribution in [0.4, 0.5) is 4.39 Å². The Bertz CT molecular complexity index is 1130. The van der Waals surface area contributed by atoms with Crippen molar-refractivity contribution in [3.8, 4) is 5.75 Å². The van der Waals surface area contributed by atoms with Crippen molar-refractivity contribution in [3.63, 3.8) is 0 Å². The third kappa shape index (κ3) is 4.49. The maximum absolute atomic E-state index is 14.3. The van der Waals surface area contributed by atoms with Crippen LogP contribution in [-0.2, 0) is 28.3 Å². The van der Waals surface area contributed by atoms with Gasteiger partial charge in [0.1, 0.15) is 17.4 Å². The van der Waals surface area contributed by atoms with Crippen LogP contribution in [0.1, 0.15) is 54.1 Å². The van der Waals surface area contributed by atoms with Crippen molar-refractivity contribution in [3.05, 3.63) is 70.8 Å². The van der Waals surface area contributed by atoms with Crippen molar-refractivity contribution < 1.29 is 18.7 Å². The van der Waals surface area contributed by atoms with Gasteiger partial charge in [0.25, 0.3) is 0 Å². The van der Waals surface area contributed by atoms with Crippen LogP contribution in [0.3, 0.4) is 0 Å². The second-order valence-corrected chi connectivity index (χ2v) is 8.92. The molecule has 2 aliphatic rings. The molecule has 0 radical (unpaired) electrons. The van der Waals surface area contributed by atoms with Crippen LogP contribution in [0.25, 0.3) is 0 Å². The maximum atomic E-state index is 14.3. The van der Waals surface area contributed by atoms with Crippen LogP contribution < -0.4 is 10.5 Å². The van der Waals surface area contributed by atoms with E-state index in [0.717, 1.165) is 34.9 Å². The third-order valence-electron chi connectivity index (χ3n) is 5.49. The van der Waals surface area contributed by atoms with Gasteiger partial charge in [-0.15, -0.1) is 10.2 Å². The summed E-state index contributed by atoms with van der Waals surface area (Å²) in [5, 5.41) is 9.37. The molecule has 9 heteroatoms. The number of nitrogens with zero attached hydrogens (tertiary/aromatic N) is 3. The summed E-state index contributed by atoms with van der Waals surface area (Å²) in [7, 11) is 0. The molecule has 1 aliphatic carbocycles. The van der Waals surface area contributed by atoms with E-state index < -0.39 is 6.29 Å². The van der Waals surface area contributed by atoms with Gasteiger partial charge in [0, 0.05) is 41.3 Å². The Hall–Kier alpha value is -2.91. The van der Waals surface area contributed by atoms with Gasteiger partial charge < -0.3 is 19.8 Å². The molecule has 2 N–H and O–H groups in total. The first-order valence-corrected chi connectivity index (χ1v) is 11.6. The van der Waals surface area contributed by atoms with E-state index in [0.29, 0.717) is 29.5 Å². The molecule has 1 aromatic heterocycles. The Morgan fingerprint density at radius 2 is 2.03 bits per heavy atom. The van der Waals surface area contributed by atoms with Crippen molar-refractivity contribution >= 4 is 17.7 Å². The van der Waals surface area contributed by atoms with E-state index in [9.17, 15) is 9.18 Å². The molecule has 1 aliphatic heterocycles. The normalized spacial score (nSPS) is 17.6. The number of thioether (sulfide) groups is 1. The van der Waals surface area contributed by atoms with Crippen LogP contribution in [0.2, 0.25) is 0 Å². The number of carbonyl (C=O) groups excluding carboxylic acids is 1. The predicted octanol–water partition coefficient (Wildman–Crippen LogP) is 4.07. The number of halogens is 1. The van der Waals surface area contributed by atoms with Gasteiger partial charge in [-0.25, -0.2) is 4.39 Å². The van der Waals surface area contributed by atoms with Gasteiger partial charge in [-0.3, -0.25) is 4.79 Å². The summed E-state index contributed by atoms with van der Waals surface area (Å²) < 4.78 is 28.4. The Kier molecular flexibility index (Phi) is 5.84. The van der Waals surface area contributed by atoms with Crippen molar-refractivity contribution in [1.29, 1.82) is 0 Å². The molecule has 32 heavy (non-hydrogen) atoms. The van der Waals surface area contributed by atoms with Crippen molar-refractivity contribution in [2.45, 2.75) is 55.5 Å². The average molecular weight is 455 g/mol. The molecular weight excluding hydrogens is 431 g/mol. The summed E-state index contributed by atoms with van der Waals surface area (Å²) in [6.07, 6.45) is 2.29. The number of ether oxygens (including phenoxy) is 2. The molecule has 1 fully saturated rings. The van der Waals surface area contributed by atoms with Gasteiger partial charge in [-0.1, -0.05) is 42.1 Å². The number of aryl methyl sites for hydroxylation is 1. The van der Waals surface area contributed by atoms with Crippen LogP contribution in [0.5, 0.6) is 5.75 Å². The predicted molar refractivity (Wildman–Crippen MR) is 116 cm³/mol. The summed E-state index contributed by atoms with van der Waals surface area (Å²) in [5.41, 5.74) is 7.65. The number of carbonyl (C=O) groups is 1. The van der Waals surface area contributed by atoms with Crippen molar-refractivity contribution in [2.75, 3.05) is 0 Å². The molecule has 166 valence electrons. The number of hydrogen-bond donors (Lipinski definition) is 1. The molecular formula is C23H23FN4O3S. The number of hydrogen-bond acceptors (Lipinski definition) is 6. The zero-order valence-electron chi connectivity index (χ0n) is 17.4. The fraction of sp³-hybridized carbons (Fsp3) is 0.348. The van der Waals surface area contributed by atoms with Gasteiger partial charge in [0.15, 0.2) is 5.16 Å². The Labute approximate surface area is 189 Å². The van der Waals surface area contributed by atoms with Gasteiger partial charge in [0.2, 0.25) is 12.2 Å². The molecule has 3 aromatic rings. The van der Waals surface area contributed by atoms with E-state index in [2.05, 4.69) is 14.8 Å². The molecule has 2 heterocycles. The number of primary amides is 1. The van der Waals surface area contributed by atoms with Crippen LogP contribution in [0, 0.1) is 5.82 Å². The summed E-state index contributed by atoms with van der Waals surface area (Å²) in [6, 6.07) is 13.0. The third-order valence-corrected chi connectivity index (χ3v) is 6.49. The minimum absolute atomic E-state index is 0.238. The first-order chi connectivity index (χ1) is 15.6. The van der Waals surface area contributed by atoms with Gasteiger partial charge in [-0.2, -0.15) is 0 Å². The highest BCUT2D eigenvalue weighted by molar-refractivity contribution is 7.98. The lowest BCUT2D eigenvalue weighted by Gasteiger charge is -2.28. The summed E-state index contributed by atoms with van der Waals surface area (Å²) in [5.74, 6) is 1.22. The number of nitrogens with two attached hydrogens (primary N) is 1. The number of fused-ring (bicyclic) bond motifs is 1. The smallest absolute Gasteiger partial charge is 0.227 e. The molecule has 2 aromatic carbocycles. The quantitative estimate of drug-likeness (QED) is 0.516. The van der Waals surface area contributed by atoms with Crippen LogP contribution in [-0.4, -0.2) is 20.7 Å². The summed E-state index contributed by atoms with van der Waals surface area (Å²) in [6.45, 7) is 0.278. The largest absolute Gasteiger partial charge is 0.460 e. The molecule has 1 atom stereocenters. The Morgan fingerprint density at radius 3 is 2.78 bits per heavy atom. The van der Waals surface area contributed by atoms with Crippen molar-refractivity contribution in [2.24, 2.45) is 5.73 Å². The standard InChI is InChI=1S/C23H23FN4O3S/c24-17-10-15-12-30-22(14-4-2-1-3-5-14)31-21(15)16(11-17)13-32-23-27-26-20(9-8-19(25)29)28(23)18-6-7-18/h1-5,10-11,18,22H,6-9,12-13H2,(H2,25,29)/t22-/m0/s1. The van der Waals surface area contributed by atoms with E-state index in [1.165, 1.54) is 23.9 Å². The second-order valence-electron chi connectivity index (χ2n) is 7.98. The number of rotatable bonds is 8. The highest BCUT2D eigenvalue weighted by atomic mass is 32.2. The second kappa shape index (κ2) is 8.91. The Morgan fingerprint density at radius 1 is 1.22 bits per heavy atom. The number of aromatic nitrogens is 3. The lowest BCUT2D eigenvalue weighted by Crippen LogP contribution is -2.19. The summed E-state index contributed by atoms with van der Waals surface area (Å²) >= 11 is 1.49. The van der Waals surface area contributed by atoms with E-state index in [4.69, 9.17) is 15.2 Å². The monoisotopic (exact) mass is 454 g/mol. The SMILES string of the molecule is NC(=O)CCc1nnc(SCc2cc(F)cc3c2O[C@@H](c2ccccc2)OC3)n1C1CC1. The molecule has 0 saturated heterocycles. The topological polar surface area (TPSA) is 92.3 Å². The molecule has 1 amide bonds. The highest BCUT2D eigenvalue weighted by Gasteiger charge is 2.30. The molecule has 7 nitrogen and oxygen atoms in total.